The number of hydrogen-bond donors (Lipinski definition) is 1. The van der Waals surface area contributed by atoms with Gasteiger partial charge < -0.3 is 19.7 Å². The molecule has 0 radical (unpaired) electrons. The number of piperidine rings is 1. The van der Waals surface area contributed by atoms with Crippen LogP contribution in [-0.4, -0.2) is 49.3 Å². The molecule has 1 fully saturated rings. The zero-order valence-corrected chi connectivity index (χ0v) is 19.5. The number of likely N-dealkylation sites (tertiary alicyclic amines) is 1. The highest BCUT2D eigenvalue weighted by molar-refractivity contribution is 5.69. The monoisotopic (exact) mass is 430 g/mol. The van der Waals surface area contributed by atoms with Gasteiger partial charge in [0.25, 0.3) is 0 Å². The molecule has 0 unspecified atom stereocenters. The van der Waals surface area contributed by atoms with Crippen LogP contribution >= 0.6 is 0 Å². The van der Waals surface area contributed by atoms with Gasteiger partial charge in [0.1, 0.15) is 5.60 Å². The minimum absolute atomic E-state index is 0.131. The van der Waals surface area contributed by atoms with Gasteiger partial charge in [-0.15, -0.1) is 0 Å². The second-order valence-electron chi connectivity index (χ2n) is 10.0. The number of methoxy groups -OCH3 is 1. The Balaban J connectivity index is 1.58. The van der Waals surface area contributed by atoms with Gasteiger partial charge in [-0.05, 0) is 82.3 Å². The van der Waals surface area contributed by atoms with Crippen molar-refractivity contribution in [2.45, 2.75) is 64.9 Å². The topological polar surface area (TPSA) is 67.9 Å². The highest BCUT2D eigenvalue weighted by atomic mass is 16.6. The number of fused-ring (bicyclic) bond motifs is 1. The fraction of sp³-hybridized carbons (Fsp3) is 0.680. The second kappa shape index (κ2) is 10.4. The highest BCUT2D eigenvalue weighted by Gasteiger charge is 2.32. The summed E-state index contributed by atoms with van der Waals surface area (Å²) < 4.78 is 10.4. The van der Waals surface area contributed by atoms with Crippen molar-refractivity contribution in [3.8, 4) is 0 Å². The molecule has 1 N–H and O–H groups in total. The third-order valence-electron chi connectivity index (χ3n) is 6.57. The number of anilines is 1. The minimum atomic E-state index is -0.461. The van der Waals surface area contributed by atoms with Crippen LogP contribution in [0, 0.1) is 17.8 Å². The number of carbonyl (C=O) groups excluding carboxylic acids is 2. The van der Waals surface area contributed by atoms with Gasteiger partial charge in [-0.3, -0.25) is 4.79 Å². The van der Waals surface area contributed by atoms with Gasteiger partial charge >= 0.3 is 12.1 Å². The van der Waals surface area contributed by atoms with Gasteiger partial charge in [-0.1, -0.05) is 18.2 Å². The van der Waals surface area contributed by atoms with Crippen molar-refractivity contribution in [1.29, 1.82) is 0 Å². The molecule has 2 aliphatic rings. The van der Waals surface area contributed by atoms with Crippen LogP contribution in [0.25, 0.3) is 0 Å². The van der Waals surface area contributed by atoms with E-state index in [2.05, 4.69) is 29.6 Å². The number of nitrogens with one attached hydrogen (secondary N) is 1. The van der Waals surface area contributed by atoms with Gasteiger partial charge in [0.05, 0.1) is 7.11 Å². The summed E-state index contributed by atoms with van der Waals surface area (Å²) in [4.78, 5) is 26.0. The Morgan fingerprint density at radius 1 is 1.19 bits per heavy atom. The summed E-state index contributed by atoms with van der Waals surface area (Å²) in [6.45, 7) is 8.14. The first-order valence-electron chi connectivity index (χ1n) is 11.6. The third-order valence-corrected chi connectivity index (χ3v) is 6.57. The maximum absolute atomic E-state index is 12.4. The molecule has 6 nitrogen and oxygen atoms in total. The van der Waals surface area contributed by atoms with Gasteiger partial charge in [0.2, 0.25) is 0 Å². The van der Waals surface area contributed by atoms with Crippen molar-refractivity contribution in [1.82, 2.24) is 4.90 Å². The molecule has 1 amide bonds. The molecule has 1 saturated heterocycles. The normalized spacial score (nSPS) is 20.4. The summed E-state index contributed by atoms with van der Waals surface area (Å²) in [7, 11) is 1.46. The molecule has 2 aliphatic heterocycles. The highest BCUT2D eigenvalue weighted by Crippen LogP contribution is 2.36. The lowest BCUT2D eigenvalue weighted by molar-refractivity contribution is -0.141. The van der Waals surface area contributed by atoms with E-state index in [0.29, 0.717) is 24.2 Å². The van der Waals surface area contributed by atoms with Crippen LogP contribution in [0.5, 0.6) is 0 Å². The van der Waals surface area contributed by atoms with E-state index in [0.717, 1.165) is 51.7 Å². The Bertz CT molecular complexity index is 750. The van der Waals surface area contributed by atoms with Crippen molar-refractivity contribution < 1.29 is 19.1 Å². The first kappa shape index (κ1) is 23.4. The number of nitrogens with zero attached hydrogens (tertiary/aromatic N) is 1. The van der Waals surface area contributed by atoms with E-state index in [1.807, 2.05) is 25.7 Å². The zero-order chi connectivity index (χ0) is 22.4. The summed E-state index contributed by atoms with van der Waals surface area (Å²) in [6, 6.07) is 8.50. The second-order valence-corrected chi connectivity index (χ2v) is 10.0. The Morgan fingerprint density at radius 3 is 2.58 bits per heavy atom. The number of para-hydroxylation sites is 1. The summed E-state index contributed by atoms with van der Waals surface area (Å²) >= 11 is 0. The van der Waals surface area contributed by atoms with E-state index < -0.39 is 5.60 Å². The quantitative estimate of drug-likeness (QED) is 0.652. The molecular weight excluding hydrogens is 392 g/mol. The SMILES string of the molecule is COC(=O)CC[C@H](CC1CCN(C(=O)OC(C)(C)C)CC1)[C@H]1CNc2ccccc2C1. The summed E-state index contributed by atoms with van der Waals surface area (Å²) in [6.07, 6.45) is 5.24. The molecule has 6 heteroatoms. The van der Waals surface area contributed by atoms with Crippen LogP contribution in [0.2, 0.25) is 0 Å². The van der Waals surface area contributed by atoms with E-state index in [9.17, 15) is 9.59 Å². The van der Waals surface area contributed by atoms with Gasteiger partial charge in [-0.25, -0.2) is 4.79 Å². The molecule has 2 atom stereocenters. The maximum Gasteiger partial charge on any atom is 0.410 e. The minimum Gasteiger partial charge on any atom is -0.469 e. The van der Waals surface area contributed by atoms with Crippen molar-refractivity contribution in [3.05, 3.63) is 29.8 Å². The van der Waals surface area contributed by atoms with Gasteiger partial charge in [0, 0.05) is 31.7 Å². The average molecular weight is 431 g/mol. The molecule has 0 saturated carbocycles. The number of amides is 1. The molecule has 1 aromatic rings. The number of hydrogen-bond acceptors (Lipinski definition) is 5. The molecule has 31 heavy (non-hydrogen) atoms. The molecule has 0 aliphatic carbocycles. The molecule has 0 bridgehead atoms. The zero-order valence-electron chi connectivity index (χ0n) is 19.5. The lowest BCUT2D eigenvalue weighted by Gasteiger charge is -2.37. The van der Waals surface area contributed by atoms with Crippen LogP contribution < -0.4 is 5.32 Å². The predicted octanol–water partition coefficient (Wildman–Crippen LogP) is 4.88. The van der Waals surface area contributed by atoms with E-state index >= 15 is 0 Å². The van der Waals surface area contributed by atoms with E-state index in [1.54, 1.807) is 0 Å². The Kier molecular flexibility index (Phi) is 7.84. The molecule has 3 rings (SSSR count). The first-order chi connectivity index (χ1) is 14.7. The van der Waals surface area contributed by atoms with E-state index in [-0.39, 0.29) is 12.1 Å². The van der Waals surface area contributed by atoms with Crippen LogP contribution in [0.3, 0.4) is 0 Å². The Hall–Kier alpha value is -2.24. The molecule has 0 aromatic heterocycles. The lowest BCUT2D eigenvalue weighted by Crippen LogP contribution is -2.42. The average Bonchev–Trinajstić information content (AvgIpc) is 2.75. The molecular formula is C25H38N2O4. The smallest absolute Gasteiger partial charge is 0.410 e. The van der Waals surface area contributed by atoms with Crippen LogP contribution in [0.15, 0.2) is 24.3 Å². The third kappa shape index (κ3) is 6.88. The van der Waals surface area contributed by atoms with Crippen LogP contribution in [0.1, 0.15) is 58.4 Å². The maximum atomic E-state index is 12.4. The van der Waals surface area contributed by atoms with Gasteiger partial charge in [-0.2, -0.15) is 0 Å². The van der Waals surface area contributed by atoms with E-state index in [1.165, 1.54) is 18.4 Å². The number of benzene rings is 1. The van der Waals surface area contributed by atoms with Crippen molar-refractivity contribution in [3.63, 3.8) is 0 Å². The fourth-order valence-electron chi connectivity index (χ4n) is 4.86. The molecule has 172 valence electrons. The first-order valence-corrected chi connectivity index (χ1v) is 11.6. The Morgan fingerprint density at radius 2 is 1.90 bits per heavy atom. The number of esters is 1. The van der Waals surface area contributed by atoms with Crippen molar-refractivity contribution in [2.24, 2.45) is 17.8 Å². The van der Waals surface area contributed by atoms with Gasteiger partial charge in [0.15, 0.2) is 0 Å². The largest absolute Gasteiger partial charge is 0.469 e. The molecule has 1 aromatic carbocycles. The predicted molar refractivity (Wildman–Crippen MR) is 122 cm³/mol. The summed E-state index contributed by atoms with van der Waals surface area (Å²) in [5, 5.41) is 3.59. The Labute approximate surface area is 186 Å². The fourth-order valence-corrected chi connectivity index (χ4v) is 4.86. The van der Waals surface area contributed by atoms with Crippen LogP contribution in [0.4, 0.5) is 10.5 Å². The number of ether oxygens (including phenoxy) is 2. The van der Waals surface area contributed by atoms with Crippen molar-refractivity contribution in [2.75, 3.05) is 32.1 Å². The standard InChI is InChI=1S/C25H38N2O4/c1-25(2,3)31-24(29)27-13-11-18(12-14-27)15-19(9-10-23(28)30-4)21-16-20-7-5-6-8-22(20)26-17-21/h5-8,18-19,21,26H,9-17H2,1-4H3/t19-,21-/m1/s1. The van der Waals surface area contributed by atoms with Crippen LogP contribution in [-0.2, 0) is 20.7 Å². The number of carbonyl (C=O) groups is 2. The molecule has 0 spiro atoms. The summed E-state index contributed by atoms with van der Waals surface area (Å²) in [5.74, 6) is 1.40. The lowest BCUT2D eigenvalue weighted by atomic mass is 9.75. The summed E-state index contributed by atoms with van der Waals surface area (Å²) in [5.41, 5.74) is 2.13. The number of rotatable bonds is 6. The van der Waals surface area contributed by atoms with E-state index in [4.69, 9.17) is 9.47 Å². The molecule has 2 heterocycles. The van der Waals surface area contributed by atoms with Crippen molar-refractivity contribution >= 4 is 17.7 Å².